The van der Waals surface area contributed by atoms with Crippen molar-refractivity contribution in [1.82, 2.24) is 9.80 Å². The second kappa shape index (κ2) is 10.3. The first-order chi connectivity index (χ1) is 12.9. The zero-order valence-corrected chi connectivity index (χ0v) is 16.5. The van der Waals surface area contributed by atoms with Gasteiger partial charge in [0.1, 0.15) is 6.54 Å². The molecule has 2 amide bonds. The van der Waals surface area contributed by atoms with E-state index in [0.29, 0.717) is 31.0 Å². The number of nitrogens with zero attached hydrogens (tertiary/aromatic N) is 2. The molecule has 148 valence electrons. The van der Waals surface area contributed by atoms with Gasteiger partial charge in [-0.1, -0.05) is 23.7 Å². The molecule has 1 fully saturated rings. The third-order valence-electron chi connectivity index (χ3n) is 4.97. The van der Waals surface area contributed by atoms with E-state index in [4.69, 9.17) is 16.7 Å². The Morgan fingerprint density at radius 3 is 2.52 bits per heavy atom. The van der Waals surface area contributed by atoms with E-state index in [-0.39, 0.29) is 24.4 Å². The zero-order valence-electron chi connectivity index (χ0n) is 15.7. The molecule has 1 aromatic rings. The predicted octanol–water partition coefficient (Wildman–Crippen LogP) is 2.98. The smallest absolute Gasteiger partial charge is 0.323 e. The molecule has 0 spiro atoms. The van der Waals surface area contributed by atoms with Crippen molar-refractivity contribution in [2.24, 2.45) is 0 Å². The van der Waals surface area contributed by atoms with Gasteiger partial charge in [-0.2, -0.15) is 0 Å². The van der Waals surface area contributed by atoms with Crippen LogP contribution in [0.1, 0.15) is 44.6 Å². The SMILES string of the molecule is CC(=O)N(CC(=O)O)C1CCCN(C(=O)CCCc2ccc(Cl)cc2)CC1. The summed E-state index contributed by atoms with van der Waals surface area (Å²) < 4.78 is 0. The van der Waals surface area contributed by atoms with Crippen LogP contribution in [0.15, 0.2) is 24.3 Å². The molecule has 1 atom stereocenters. The average Bonchev–Trinajstić information content (AvgIpc) is 2.87. The van der Waals surface area contributed by atoms with Crippen LogP contribution in [0, 0.1) is 0 Å². The van der Waals surface area contributed by atoms with Crippen molar-refractivity contribution < 1.29 is 19.5 Å². The number of carbonyl (C=O) groups excluding carboxylic acids is 2. The Hall–Kier alpha value is -2.08. The molecule has 1 aromatic carbocycles. The van der Waals surface area contributed by atoms with Crippen LogP contribution in [0.5, 0.6) is 0 Å². The van der Waals surface area contributed by atoms with Crippen LogP contribution in [0.2, 0.25) is 5.02 Å². The lowest BCUT2D eigenvalue weighted by molar-refractivity contribution is -0.145. The molecule has 0 aliphatic carbocycles. The van der Waals surface area contributed by atoms with Crippen molar-refractivity contribution in [1.29, 1.82) is 0 Å². The maximum atomic E-state index is 12.5. The minimum absolute atomic E-state index is 0.120. The molecule has 6 nitrogen and oxygen atoms in total. The predicted molar refractivity (Wildman–Crippen MR) is 104 cm³/mol. The summed E-state index contributed by atoms with van der Waals surface area (Å²) in [6, 6.07) is 7.53. The summed E-state index contributed by atoms with van der Waals surface area (Å²) in [5.74, 6) is -1.12. The highest BCUT2D eigenvalue weighted by molar-refractivity contribution is 6.30. The number of benzene rings is 1. The Morgan fingerprint density at radius 2 is 1.89 bits per heavy atom. The number of carboxylic acid groups (broad SMARTS) is 1. The van der Waals surface area contributed by atoms with Crippen LogP contribution in [0.4, 0.5) is 0 Å². The molecule has 0 aromatic heterocycles. The highest BCUT2D eigenvalue weighted by atomic mass is 35.5. The molecule has 27 heavy (non-hydrogen) atoms. The minimum Gasteiger partial charge on any atom is -0.480 e. The highest BCUT2D eigenvalue weighted by Gasteiger charge is 2.27. The van der Waals surface area contributed by atoms with Crippen LogP contribution in [-0.2, 0) is 20.8 Å². The van der Waals surface area contributed by atoms with Crippen molar-refractivity contribution >= 4 is 29.4 Å². The van der Waals surface area contributed by atoms with Crippen molar-refractivity contribution in [3.05, 3.63) is 34.9 Å². The first-order valence-corrected chi connectivity index (χ1v) is 9.76. The van der Waals surface area contributed by atoms with Crippen LogP contribution in [0.3, 0.4) is 0 Å². The van der Waals surface area contributed by atoms with Gasteiger partial charge >= 0.3 is 5.97 Å². The van der Waals surface area contributed by atoms with E-state index < -0.39 is 5.97 Å². The summed E-state index contributed by atoms with van der Waals surface area (Å²) in [5.41, 5.74) is 1.16. The van der Waals surface area contributed by atoms with Crippen LogP contribution < -0.4 is 0 Å². The Balaban J connectivity index is 1.81. The molecule has 0 saturated carbocycles. The van der Waals surface area contributed by atoms with Gasteiger partial charge in [-0.05, 0) is 49.8 Å². The highest BCUT2D eigenvalue weighted by Crippen LogP contribution is 2.19. The molecule has 1 unspecified atom stereocenters. The van der Waals surface area contributed by atoms with Gasteiger partial charge in [0.25, 0.3) is 0 Å². The number of aliphatic carboxylic acids is 1. The van der Waals surface area contributed by atoms with E-state index in [1.54, 1.807) is 0 Å². The molecule has 7 heteroatoms. The molecular weight excluding hydrogens is 368 g/mol. The van der Waals surface area contributed by atoms with Crippen LogP contribution in [0.25, 0.3) is 0 Å². The molecule has 1 N–H and O–H groups in total. The normalized spacial score (nSPS) is 17.3. The topological polar surface area (TPSA) is 77.9 Å². The number of likely N-dealkylation sites (tertiary alicyclic amines) is 1. The van der Waals surface area contributed by atoms with E-state index in [2.05, 4.69) is 0 Å². The van der Waals surface area contributed by atoms with Gasteiger partial charge in [0.15, 0.2) is 0 Å². The number of halogens is 1. The Morgan fingerprint density at radius 1 is 1.19 bits per heavy atom. The fourth-order valence-corrected chi connectivity index (χ4v) is 3.66. The van der Waals surface area contributed by atoms with E-state index >= 15 is 0 Å². The number of hydrogen-bond acceptors (Lipinski definition) is 3. The zero-order chi connectivity index (χ0) is 19.8. The molecule has 1 saturated heterocycles. The fourth-order valence-electron chi connectivity index (χ4n) is 3.54. The summed E-state index contributed by atoms with van der Waals surface area (Å²) in [4.78, 5) is 38.6. The van der Waals surface area contributed by atoms with Gasteiger partial charge in [-0.25, -0.2) is 0 Å². The number of carbonyl (C=O) groups is 3. The first-order valence-electron chi connectivity index (χ1n) is 9.38. The standard InChI is InChI=1S/C20H27ClN2O4/c1-15(24)23(14-20(26)27)18-5-3-12-22(13-11-18)19(25)6-2-4-16-7-9-17(21)10-8-16/h7-10,18H,2-6,11-14H2,1H3,(H,26,27). The van der Waals surface area contributed by atoms with Gasteiger partial charge in [-0.15, -0.1) is 0 Å². The van der Waals surface area contributed by atoms with E-state index in [9.17, 15) is 14.4 Å². The van der Waals surface area contributed by atoms with Crippen LogP contribution in [-0.4, -0.2) is 58.4 Å². The van der Waals surface area contributed by atoms with E-state index in [1.165, 1.54) is 11.8 Å². The van der Waals surface area contributed by atoms with E-state index in [1.807, 2.05) is 29.2 Å². The molecule has 1 heterocycles. The third-order valence-corrected chi connectivity index (χ3v) is 5.22. The number of amides is 2. The van der Waals surface area contributed by atoms with Gasteiger partial charge < -0.3 is 14.9 Å². The molecule has 1 aliphatic heterocycles. The molecule has 0 radical (unpaired) electrons. The Kier molecular flexibility index (Phi) is 8.10. The first kappa shape index (κ1) is 21.2. The lowest BCUT2D eigenvalue weighted by atomic mass is 10.1. The lowest BCUT2D eigenvalue weighted by Gasteiger charge is -2.28. The Bertz CT molecular complexity index is 662. The maximum absolute atomic E-state index is 12.5. The molecule has 2 rings (SSSR count). The number of carboxylic acids is 1. The minimum atomic E-state index is -1.01. The summed E-state index contributed by atoms with van der Waals surface area (Å²) in [6.45, 7) is 2.34. The third kappa shape index (κ3) is 6.86. The van der Waals surface area contributed by atoms with Crippen molar-refractivity contribution in [2.75, 3.05) is 19.6 Å². The van der Waals surface area contributed by atoms with Gasteiger partial charge in [-0.3, -0.25) is 14.4 Å². The molecular formula is C20H27ClN2O4. The summed E-state index contributed by atoms with van der Waals surface area (Å²) in [7, 11) is 0. The monoisotopic (exact) mass is 394 g/mol. The van der Waals surface area contributed by atoms with Gasteiger partial charge in [0.2, 0.25) is 11.8 Å². The van der Waals surface area contributed by atoms with Gasteiger partial charge in [0, 0.05) is 37.5 Å². The maximum Gasteiger partial charge on any atom is 0.323 e. The molecule has 1 aliphatic rings. The number of aryl methyl sites for hydroxylation is 1. The summed E-state index contributed by atoms with van der Waals surface area (Å²) >= 11 is 5.88. The number of hydrogen-bond donors (Lipinski definition) is 1. The Labute approximate surface area is 165 Å². The number of rotatable bonds is 7. The largest absolute Gasteiger partial charge is 0.480 e. The van der Waals surface area contributed by atoms with Crippen molar-refractivity contribution in [3.63, 3.8) is 0 Å². The second-order valence-electron chi connectivity index (χ2n) is 6.99. The summed E-state index contributed by atoms with van der Waals surface area (Å²) in [6.07, 6.45) is 4.21. The van der Waals surface area contributed by atoms with E-state index in [0.717, 1.165) is 31.2 Å². The fraction of sp³-hybridized carbons (Fsp3) is 0.550. The van der Waals surface area contributed by atoms with Crippen molar-refractivity contribution in [2.45, 2.75) is 51.5 Å². The average molecular weight is 395 g/mol. The lowest BCUT2D eigenvalue weighted by Crippen LogP contribution is -2.43. The van der Waals surface area contributed by atoms with Crippen LogP contribution >= 0.6 is 11.6 Å². The second-order valence-corrected chi connectivity index (χ2v) is 7.42. The molecule has 0 bridgehead atoms. The summed E-state index contributed by atoms with van der Waals surface area (Å²) in [5, 5.41) is 9.72. The van der Waals surface area contributed by atoms with Crippen molar-refractivity contribution in [3.8, 4) is 0 Å². The van der Waals surface area contributed by atoms with Gasteiger partial charge in [0.05, 0.1) is 0 Å². The quantitative estimate of drug-likeness (QED) is 0.771.